The van der Waals surface area contributed by atoms with Gasteiger partial charge < -0.3 is 0 Å². The van der Waals surface area contributed by atoms with Crippen LogP contribution in [-0.2, 0) is 0 Å². The Morgan fingerprint density at radius 2 is 2.17 bits per heavy atom. The van der Waals surface area contributed by atoms with Crippen LogP contribution in [0.4, 0.5) is 0 Å². The number of hydrogen-bond acceptors (Lipinski definition) is 2. The van der Waals surface area contributed by atoms with Crippen LogP contribution in [0.2, 0.25) is 0 Å². The van der Waals surface area contributed by atoms with Gasteiger partial charge in [-0.25, -0.2) is 0 Å². The Labute approximate surface area is 84.6 Å². The van der Waals surface area contributed by atoms with Gasteiger partial charge >= 0.3 is 0 Å². The van der Waals surface area contributed by atoms with Crippen LogP contribution in [0.25, 0.3) is 0 Å². The first kappa shape index (κ1) is 10.5. The van der Waals surface area contributed by atoms with E-state index >= 15 is 0 Å². The molecule has 0 N–H and O–H groups in total. The molecule has 1 aliphatic heterocycles. The molecule has 0 aromatic heterocycles. The summed E-state index contributed by atoms with van der Waals surface area (Å²) >= 11 is 4.18. The molecule has 0 aromatic carbocycles. The molecule has 0 amide bonds. The van der Waals surface area contributed by atoms with Crippen LogP contribution in [0.15, 0.2) is 11.0 Å². The number of allylic oxidation sites excluding steroid dienone is 1. The molecule has 1 atom stereocenters. The van der Waals surface area contributed by atoms with E-state index in [1.165, 1.54) is 24.3 Å². The summed E-state index contributed by atoms with van der Waals surface area (Å²) in [4.78, 5) is 1.61. The van der Waals surface area contributed by atoms with Gasteiger partial charge in [0.25, 0.3) is 0 Å². The SMILES string of the molecule is CC/C=C1\SCCSC1(C)CC. The molecule has 1 fully saturated rings. The van der Waals surface area contributed by atoms with E-state index in [0.29, 0.717) is 4.75 Å². The summed E-state index contributed by atoms with van der Waals surface area (Å²) in [6, 6.07) is 0. The molecule has 2 heteroatoms. The van der Waals surface area contributed by atoms with Crippen molar-refractivity contribution < 1.29 is 0 Å². The van der Waals surface area contributed by atoms with E-state index in [-0.39, 0.29) is 0 Å². The van der Waals surface area contributed by atoms with Crippen molar-refractivity contribution in [3.63, 3.8) is 0 Å². The third-order valence-corrected chi connectivity index (χ3v) is 5.62. The molecule has 0 aliphatic carbocycles. The first-order valence-corrected chi connectivity index (χ1v) is 6.67. The predicted molar refractivity (Wildman–Crippen MR) is 62.0 cm³/mol. The van der Waals surface area contributed by atoms with Gasteiger partial charge in [-0.2, -0.15) is 0 Å². The summed E-state index contributed by atoms with van der Waals surface area (Å²) in [5, 5.41) is 0. The highest BCUT2D eigenvalue weighted by Crippen LogP contribution is 2.46. The van der Waals surface area contributed by atoms with Crippen molar-refractivity contribution >= 4 is 23.5 Å². The van der Waals surface area contributed by atoms with Crippen molar-refractivity contribution in [2.45, 2.75) is 38.4 Å². The van der Waals surface area contributed by atoms with Crippen LogP contribution in [0, 0.1) is 0 Å². The molecule has 0 bridgehead atoms. The van der Waals surface area contributed by atoms with Crippen molar-refractivity contribution in [2.75, 3.05) is 11.5 Å². The number of rotatable bonds is 2. The quantitative estimate of drug-likeness (QED) is 0.665. The van der Waals surface area contributed by atoms with Crippen molar-refractivity contribution in [1.29, 1.82) is 0 Å². The number of thioether (sulfide) groups is 2. The molecule has 0 nitrogen and oxygen atoms in total. The minimum atomic E-state index is 0.429. The molecule has 12 heavy (non-hydrogen) atoms. The molecular formula is C10H18S2. The predicted octanol–water partition coefficient (Wildman–Crippen LogP) is 3.93. The molecule has 1 rings (SSSR count). The summed E-state index contributed by atoms with van der Waals surface area (Å²) < 4.78 is 0.429. The fraction of sp³-hybridized carbons (Fsp3) is 0.800. The van der Waals surface area contributed by atoms with Gasteiger partial charge in [-0.3, -0.25) is 0 Å². The van der Waals surface area contributed by atoms with Gasteiger partial charge in [-0.15, -0.1) is 23.5 Å². The maximum Gasteiger partial charge on any atom is 0.0434 e. The molecule has 0 saturated carbocycles. The second kappa shape index (κ2) is 4.61. The largest absolute Gasteiger partial charge is 0.149 e. The van der Waals surface area contributed by atoms with E-state index in [1.54, 1.807) is 4.91 Å². The monoisotopic (exact) mass is 202 g/mol. The molecule has 70 valence electrons. The lowest BCUT2D eigenvalue weighted by Crippen LogP contribution is -2.25. The van der Waals surface area contributed by atoms with E-state index in [1.807, 2.05) is 0 Å². The fourth-order valence-electron chi connectivity index (χ4n) is 1.38. The average molecular weight is 202 g/mol. The lowest BCUT2D eigenvalue weighted by molar-refractivity contribution is 0.738. The zero-order valence-corrected chi connectivity index (χ0v) is 9.86. The van der Waals surface area contributed by atoms with E-state index in [9.17, 15) is 0 Å². The Kier molecular flexibility index (Phi) is 4.04. The van der Waals surface area contributed by atoms with Gasteiger partial charge in [0.05, 0.1) is 0 Å². The van der Waals surface area contributed by atoms with E-state index in [4.69, 9.17) is 0 Å². The molecule has 1 aliphatic rings. The normalized spacial score (nSPS) is 34.1. The smallest absolute Gasteiger partial charge is 0.0434 e. The van der Waals surface area contributed by atoms with Crippen LogP contribution in [0.3, 0.4) is 0 Å². The molecule has 1 saturated heterocycles. The van der Waals surface area contributed by atoms with E-state index < -0.39 is 0 Å². The third-order valence-electron chi connectivity index (χ3n) is 2.35. The Morgan fingerprint density at radius 3 is 2.75 bits per heavy atom. The lowest BCUT2D eigenvalue weighted by atomic mass is 10.1. The average Bonchev–Trinajstić information content (AvgIpc) is 2.10. The summed E-state index contributed by atoms with van der Waals surface area (Å²) in [5.41, 5.74) is 0. The first-order chi connectivity index (χ1) is 5.73. The zero-order valence-electron chi connectivity index (χ0n) is 8.22. The second-order valence-corrected chi connectivity index (χ2v) is 5.99. The Balaban J connectivity index is 2.73. The van der Waals surface area contributed by atoms with Crippen molar-refractivity contribution in [2.24, 2.45) is 0 Å². The maximum absolute atomic E-state index is 2.40. The van der Waals surface area contributed by atoms with E-state index in [0.717, 1.165) is 0 Å². The van der Waals surface area contributed by atoms with Crippen LogP contribution < -0.4 is 0 Å². The highest BCUT2D eigenvalue weighted by Gasteiger charge is 2.30. The molecule has 0 radical (unpaired) electrons. The van der Waals surface area contributed by atoms with Gasteiger partial charge in [0.1, 0.15) is 0 Å². The standard InChI is InChI=1S/C10H18S2/c1-4-6-9-10(3,5-2)12-8-7-11-9/h6H,4-5,7-8H2,1-3H3/b9-6-. The Bertz CT molecular complexity index is 175. The fourth-order valence-corrected chi connectivity index (χ4v) is 4.23. The van der Waals surface area contributed by atoms with Crippen molar-refractivity contribution in [3.05, 3.63) is 11.0 Å². The van der Waals surface area contributed by atoms with Crippen LogP contribution >= 0.6 is 23.5 Å². The zero-order chi connectivity index (χ0) is 9.03. The van der Waals surface area contributed by atoms with Crippen LogP contribution in [-0.4, -0.2) is 16.3 Å². The van der Waals surface area contributed by atoms with Gasteiger partial charge in [0.15, 0.2) is 0 Å². The summed E-state index contributed by atoms with van der Waals surface area (Å²) in [5.74, 6) is 2.61. The third kappa shape index (κ3) is 2.23. The molecule has 0 aromatic rings. The summed E-state index contributed by atoms with van der Waals surface area (Å²) in [7, 11) is 0. The minimum Gasteiger partial charge on any atom is -0.149 e. The molecule has 0 spiro atoms. The van der Waals surface area contributed by atoms with Gasteiger partial charge in [-0.05, 0) is 24.7 Å². The maximum atomic E-state index is 2.40. The summed E-state index contributed by atoms with van der Waals surface area (Å²) in [6.07, 6.45) is 4.84. The highest BCUT2D eigenvalue weighted by molar-refractivity contribution is 8.09. The van der Waals surface area contributed by atoms with Crippen molar-refractivity contribution in [1.82, 2.24) is 0 Å². The van der Waals surface area contributed by atoms with Gasteiger partial charge in [0.2, 0.25) is 0 Å². The van der Waals surface area contributed by atoms with Gasteiger partial charge in [0, 0.05) is 16.3 Å². The second-order valence-electron chi connectivity index (χ2n) is 3.26. The van der Waals surface area contributed by atoms with Crippen LogP contribution in [0.1, 0.15) is 33.6 Å². The minimum absolute atomic E-state index is 0.429. The molecular weight excluding hydrogens is 184 g/mol. The topological polar surface area (TPSA) is 0 Å². The van der Waals surface area contributed by atoms with Gasteiger partial charge in [-0.1, -0.05) is 19.9 Å². The van der Waals surface area contributed by atoms with Crippen LogP contribution in [0.5, 0.6) is 0 Å². The van der Waals surface area contributed by atoms with E-state index in [2.05, 4.69) is 50.4 Å². The Morgan fingerprint density at radius 1 is 1.42 bits per heavy atom. The first-order valence-electron chi connectivity index (χ1n) is 4.70. The summed E-state index contributed by atoms with van der Waals surface area (Å²) in [6.45, 7) is 6.90. The molecule has 1 unspecified atom stereocenters. The Hall–Kier alpha value is 0.440. The lowest BCUT2D eigenvalue weighted by Gasteiger charge is -2.34. The molecule has 1 heterocycles. The highest BCUT2D eigenvalue weighted by atomic mass is 32.2. The van der Waals surface area contributed by atoms with Crippen molar-refractivity contribution in [3.8, 4) is 0 Å². The number of hydrogen-bond donors (Lipinski definition) is 0.